The topological polar surface area (TPSA) is 60.7 Å². The highest BCUT2D eigenvalue weighted by atomic mass is 16.3. The van der Waals surface area contributed by atoms with E-state index in [-0.39, 0.29) is 35.1 Å². The predicted octanol–water partition coefficient (Wildman–Crippen LogP) is 2.72. The van der Waals surface area contributed by atoms with Gasteiger partial charge in [0.2, 0.25) is 0 Å². The van der Waals surface area contributed by atoms with Crippen molar-refractivity contribution < 1.29 is 15.3 Å². The summed E-state index contributed by atoms with van der Waals surface area (Å²) in [4.78, 5) is 0. The molecule has 0 aliphatic heterocycles. The van der Waals surface area contributed by atoms with Crippen molar-refractivity contribution in [3.8, 4) is 0 Å². The third kappa shape index (κ3) is 2.04. The van der Waals surface area contributed by atoms with Gasteiger partial charge in [-0.1, -0.05) is 13.8 Å². The number of hydrogen-bond acceptors (Lipinski definition) is 3. The molecule has 3 nitrogen and oxygen atoms in total. The van der Waals surface area contributed by atoms with Gasteiger partial charge in [0.05, 0.1) is 18.3 Å². The number of hydrogen-bond donors (Lipinski definition) is 3. The first-order valence-electron chi connectivity index (χ1n) is 9.38. The third-order valence-corrected chi connectivity index (χ3v) is 8.40. The predicted molar refractivity (Wildman–Crippen MR) is 85.1 cm³/mol. The van der Waals surface area contributed by atoms with E-state index in [1.165, 1.54) is 12.8 Å². The highest BCUT2D eigenvalue weighted by Gasteiger charge is 2.61. The Bertz CT molecular complexity index is 452. The Balaban J connectivity index is 1.66. The first kappa shape index (κ1) is 15.4. The van der Waals surface area contributed by atoms with Gasteiger partial charge >= 0.3 is 0 Å². The molecule has 0 bridgehead atoms. The van der Waals surface area contributed by atoms with Crippen LogP contribution in [0, 0.1) is 34.5 Å². The van der Waals surface area contributed by atoms with Gasteiger partial charge in [-0.15, -0.1) is 0 Å². The van der Waals surface area contributed by atoms with Crippen LogP contribution in [0.4, 0.5) is 0 Å². The van der Waals surface area contributed by atoms with Crippen LogP contribution in [0.2, 0.25) is 0 Å². The Hall–Kier alpha value is -0.120. The zero-order chi connectivity index (χ0) is 15.7. The van der Waals surface area contributed by atoms with Crippen LogP contribution in [-0.4, -0.2) is 33.6 Å². The van der Waals surface area contributed by atoms with Crippen molar-refractivity contribution in [1.82, 2.24) is 0 Å². The van der Waals surface area contributed by atoms with E-state index in [4.69, 9.17) is 0 Å². The molecule has 0 radical (unpaired) electrons. The highest BCUT2D eigenvalue weighted by molar-refractivity contribution is 5.10. The first-order valence-corrected chi connectivity index (χ1v) is 9.38. The average Bonchev–Trinajstić information content (AvgIpc) is 2.76. The van der Waals surface area contributed by atoms with Crippen molar-refractivity contribution in [3.63, 3.8) is 0 Å². The van der Waals surface area contributed by atoms with E-state index in [0.29, 0.717) is 17.8 Å². The summed E-state index contributed by atoms with van der Waals surface area (Å²) in [5.74, 6) is 2.10. The maximum absolute atomic E-state index is 10.8. The van der Waals surface area contributed by atoms with Gasteiger partial charge in [-0.25, -0.2) is 0 Å². The summed E-state index contributed by atoms with van der Waals surface area (Å²) in [6.07, 6.45) is 7.39. The monoisotopic (exact) mass is 308 g/mol. The second kappa shape index (κ2) is 4.94. The lowest BCUT2D eigenvalue weighted by Gasteiger charge is -2.61. The molecule has 0 aromatic rings. The molecule has 22 heavy (non-hydrogen) atoms. The first-order chi connectivity index (χ1) is 10.3. The third-order valence-electron chi connectivity index (χ3n) is 8.40. The highest BCUT2D eigenvalue weighted by Crippen LogP contribution is 2.66. The Morgan fingerprint density at radius 1 is 0.773 bits per heavy atom. The molecule has 9 atom stereocenters. The smallest absolute Gasteiger partial charge is 0.0577 e. The molecule has 3 heteroatoms. The lowest BCUT2D eigenvalue weighted by Crippen LogP contribution is -2.57. The SMILES string of the molecule is C[C@]12CC[C@@H]3[C@H](C[C@H](O)[C@H]4C[C@H](O)CC[C@@]34C)[C@H]1C[C@@H](O)C2. The van der Waals surface area contributed by atoms with Crippen molar-refractivity contribution in [2.75, 3.05) is 0 Å². The minimum Gasteiger partial charge on any atom is -0.393 e. The van der Waals surface area contributed by atoms with Gasteiger partial charge in [-0.2, -0.15) is 0 Å². The van der Waals surface area contributed by atoms with Crippen LogP contribution in [0.25, 0.3) is 0 Å². The van der Waals surface area contributed by atoms with Crippen LogP contribution < -0.4 is 0 Å². The van der Waals surface area contributed by atoms with Crippen molar-refractivity contribution in [2.24, 2.45) is 34.5 Å². The molecule has 3 N–H and O–H groups in total. The van der Waals surface area contributed by atoms with E-state index in [0.717, 1.165) is 38.5 Å². The normalized spacial score (nSPS) is 61.2. The van der Waals surface area contributed by atoms with Gasteiger partial charge in [0.15, 0.2) is 0 Å². The van der Waals surface area contributed by atoms with Crippen LogP contribution in [0.3, 0.4) is 0 Å². The number of aliphatic hydroxyl groups is 3. The summed E-state index contributed by atoms with van der Waals surface area (Å²) in [6.45, 7) is 4.76. The maximum atomic E-state index is 10.8. The van der Waals surface area contributed by atoms with Gasteiger partial charge < -0.3 is 15.3 Å². The molecule has 0 heterocycles. The van der Waals surface area contributed by atoms with E-state index in [2.05, 4.69) is 13.8 Å². The second-order valence-electron chi connectivity index (χ2n) is 9.51. The Morgan fingerprint density at radius 2 is 1.50 bits per heavy atom. The Morgan fingerprint density at radius 3 is 2.27 bits per heavy atom. The van der Waals surface area contributed by atoms with Crippen LogP contribution in [0.15, 0.2) is 0 Å². The van der Waals surface area contributed by atoms with E-state index in [1.807, 2.05) is 0 Å². The molecule has 0 amide bonds. The largest absolute Gasteiger partial charge is 0.393 e. The Labute approximate surface area is 134 Å². The number of rotatable bonds is 0. The summed E-state index contributed by atoms with van der Waals surface area (Å²) in [5, 5.41) is 31.1. The summed E-state index contributed by atoms with van der Waals surface area (Å²) < 4.78 is 0. The van der Waals surface area contributed by atoms with Crippen molar-refractivity contribution in [2.45, 2.75) is 83.5 Å². The molecular formula is C19H32O3. The zero-order valence-electron chi connectivity index (χ0n) is 14.0. The van der Waals surface area contributed by atoms with Gasteiger partial charge in [0.25, 0.3) is 0 Å². The van der Waals surface area contributed by atoms with E-state index < -0.39 is 0 Å². The standard InChI is InChI=1S/C19H32O3/c1-18-5-4-14-13(15(18)8-12(21)10-18)9-17(22)16-7-11(20)3-6-19(14,16)2/h11-17,20-22H,3-10H2,1-2H3/t11-,12-,13+,14-,15-,16-,17+,18-,19+/m1/s1. The minimum atomic E-state index is -0.263. The zero-order valence-corrected chi connectivity index (χ0v) is 14.0. The maximum Gasteiger partial charge on any atom is 0.0577 e. The van der Waals surface area contributed by atoms with Gasteiger partial charge in [-0.05, 0) is 85.9 Å². The molecule has 4 aliphatic rings. The number of fused-ring (bicyclic) bond motifs is 5. The molecule has 0 saturated heterocycles. The molecule has 0 aromatic heterocycles. The summed E-state index contributed by atoms with van der Waals surface area (Å²) >= 11 is 0. The molecule has 0 aromatic carbocycles. The average molecular weight is 308 g/mol. The molecular weight excluding hydrogens is 276 g/mol. The van der Waals surface area contributed by atoms with Gasteiger partial charge in [-0.3, -0.25) is 0 Å². The minimum absolute atomic E-state index is 0.135. The van der Waals surface area contributed by atoms with Gasteiger partial charge in [0.1, 0.15) is 0 Å². The van der Waals surface area contributed by atoms with Crippen molar-refractivity contribution in [1.29, 1.82) is 0 Å². The van der Waals surface area contributed by atoms with Gasteiger partial charge in [0, 0.05) is 0 Å². The molecule has 0 unspecified atom stereocenters. The fraction of sp³-hybridized carbons (Fsp3) is 1.00. The molecule has 126 valence electrons. The van der Waals surface area contributed by atoms with Crippen molar-refractivity contribution >= 4 is 0 Å². The van der Waals surface area contributed by atoms with E-state index >= 15 is 0 Å². The van der Waals surface area contributed by atoms with Crippen LogP contribution in [0.1, 0.15) is 65.2 Å². The summed E-state index contributed by atoms with van der Waals surface area (Å²) in [5.41, 5.74) is 0.480. The van der Waals surface area contributed by atoms with Crippen LogP contribution in [0.5, 0.6) is 0 Å². The molecule has 4 saturated carbocycles. The summed E-state index contributed by atoms with van der Waals surface area (Å²) in [6, 6.07) is 0. The van der Waals surface area contributed by atoms with E-state index in [9.17, 15) is 15.3 Å². The van der Waals surface area contributed by atoms with Crippen LogP contribution >= 0.6 is 0 Å². The molecule has 0 spiro atoms. The molecule has 4 rings (SSSR count). The Kier molecular flexibility index (Phi) is 3.46. The number of aliphatic hydroxyl groups excluding tert-OH is 3. The summed E-state index contributed by atoms with van der Waals surface area (Å²) in [7, 11) is 0. The van der Waals surface area contributed by atoms with Crippen molar-refractivity contribution in [3.05, 3.63) is 0 Å². The molecule has 4 fully saturated rings. The van der Waals surface area contributed by atoms with Crippen LogP contribution in [-0.2, 0) is 0 Å². The van der Waals surface area contributed by atoms with E-state index in [1.54, 1.807) is 0 Å². The fourth-order valence-electron chi connectivity index (χ4n) is 7.30. The molecule has 4 aliphatic carbocycles. The lowest BCUT2D eigenvalue weighted by molar-refractivity contribution is -0.167. The lowest BCUT2D eigenvalue weighted by atomic mass is 9.44. The second-order valence-corrected chi connectivity index (χ2v) is 9.51. The fourth-order valence-corrected chi connectivity index (χ4v) is 7.30. The quantitative estimate of drug-likeness (QED) is 0.645.